The Morgan fingerprint density at radius 3 is 2.42 bits per heavy atom. The summed E-state index contributed by atoms with van der Waals surface area (Å²) in [7, 11) is 0. The molecule has 64 valence electrons. The fourth-order valence-corrected chi connectivity index (χ4v) is 1.29. The van der Waals surface area contributed by atoms with Gasteiger partial charge in [-0.25, -0.2) is 0 Å². The van der Waals surface area contributed by atoms with Crippen molar-refractivity contribution in [3.63, 3.8) is 0 Å². The first-order valence-electron chi connectivity index (χ1n) is 3.87. The molecule has 1 nitrogen and oxygen atoms in total. The van der Waals surface area contributed by atoms with Gasteiger partial charge in [0.05, 0.1) is 5.25 Å². The highest BCUT2D eigenvalue weighted by Crippen LogP contribution is 2.12. The van der Waals surface area contributed by atoms with Crippen molar-refractivity contribution in [1.29, 1.82) is 0 Å². The lowest BCUT2D eigenvalue weighted by molar-refractivity contribution is 0.0994. The maximum atomic E-state index is 11.6. The molecule has 2 heteroatoms. The Morgan fingerprint density at radius 1 is 1.33 bits per heavy atom. The zero-order valence-electron chi connectivity index (χ0n) is 7.28. The Balaban J connectivity index is 2.79. The summed E-state index contributed by atoms with van der Waals surface area (Å²) in [5.41, 5.74) is 0.805. The molecule has 0 aliphatic carbocycles. The second-order valence-corrected chi connectivity index (χ2v) is 3.79. The minimum atomic E-state index is 0.0624. The molecular formula is C10H12OS. The molecule has 1 rings (SSSR count). The number of thioether (sulfide) groups is 1. The van der Waals surface area contributed by atoms with Crippen LogP contribution in [0.15, 0.2) is 30.3 Å². The van der Waals surface area contributed by atoms with Gasteiger partial charge in [0.1, 0.15) is 0 Å². The van der Waals surface area contributed by atoms with E-state index in [1.54, 1.807) is 11.8 Å². The molecule has 12 heavy (non-hydrogen) atoms. The number of carbonyl (C=O) groups excluding carboxylic acids is 1. The molecule has 0 aliphatic rings. The zero-order chi connectivity index (χ0) is 8.97. The summed E-state index contributed by atoms with van der Waals surface area (Å²) in [5.74, 6) is 0.211. The predicted octanol–water partition coefficient (Wildman–Crippen LogP) is 2.62. The Labute approximate surface area is 77.2 Å². The van der Waals surface area contributed by atoms with Gasteiger partial charge in [0.15, 0.2) is 5.78 Å². The minimum Gasteiger partial charge on any atom is -0.293 e. The molecule has 0 heterocycles. The highest BCUT2D eigenvalue weighted by Gasteiger charge is 2.12. The van der Waals surface area contributed by atoms with Crippen molar-refractivity contribution in [3.8, 4) is 0 Å². The minimum absolute atomic E-state index is 0.0624. The van der Waals surface area contributed by atoms with E-state index < -0.39 is 0 Å². The Morgan fingerprint density at radius 2 is 1.92 bits per heavy atom. The first-order valence-corrected chi connectivity index (χ1v) is 5.16. The van der Waals surface area contributed by atoms with Crippen LogP contribution in [-0.4, -0.2) is 17.3 Å². The fourth-order valence-electron chi connectivity index (χ4n) is 0.944. The smallest absolute Gasteiger partial charge is 0.175 e. The van der Waals surface area contributed by atoms with Crippen LogP contribution in [0.25, 0.3) is 0 Å². The number of Topliss-reactive ketones (excluding diaryl/α,β-unsaturated/α-hetero) is 1. The van der Waals surface area contributed by atoms with Crippen LogP contribution in [0, 0.1) is 0 Å². The molecule has 0 spiro atoms. The standard InChI is InChI=1S/C10H12OS/c1-8(12-2)10(11)9-6-4-3-5-7-9/h3-8H,1-2H3/t8-/m1/s1. The predicted molar refractivity (Wildman–Crippen MR) is 53.7 cm³/mol. The first-order chi connectivity index (χ1) is 5.75. The van der Waals surface area contributed by atoms with E-state index in [1.807, 2.05) is 43.5 Å². The van der Waals surface area contributed by atoms with Crippen molar-refractivity contribution in [2.75, 3.05) is 6.26 Å². The molecule has 0 fully saturated rings. The second-order valence-electron chi connectivity index (χ2n) is 2.61. The first kappa shape index (κ1) is 9.33. The van der Waals surface area contributed by atoms with Gasteiger partial charge >= 0.3 is 0 Å². The Hall–Kier alpha value is -0.760. The van der Waals surface area contributed by atoms with E-state index in [1.165, 1.54) is 0 Å². The van der Waals surface area contributed by atoms with E-state index >= 15 is 0 Å². The van der Waals surface area contributed by atoms with Gasteiger partial charge < -0.3 is 0 Å². The van der Waals surface area contributed by atoms with Crippen LogP contribution < -0.4 is 0 Å². The van der Waals surface area contributed by atoms with Crippen molar-refractivity contribution in [1.82, 2.24) is 0 Å². The lowest BCUT2D eigenvalue weighted by atomic mass is 10.1. The number of hydrogen-bond acceptors (Lipinski definition) is 2. The molecule has 0 aromatic heterocycles. The van der Waals surface area contributed by atoms with E-state index in [2.05, 4.69) is 0 Å². The fraction of sp³-hybridized carbons (Fsp3) is 0.300. The lowest BCUT2D eigenvalue weighted by Gasteiger charge is -2.05. The highest BCUT2D eigenvalue weighted by atomic mass is 32.2. The van der Waals surface area contributed by atoms with Gasteiger partial charge in [0, 0.05) is 5.56 Å². The van der Waals surface area contributed by atoms with Gasteiger partial charge in [-0.2, -0.15) is 11.8 Å². The summed E-state index contributed by atoms with van der Waals surface area (Å²) in [6.45, 7) is 1.93. The summed E-state index contributed by atoms with van der Waals surface area (Å²) in [4.78, 5) is 11.6. The summed E-state index contributed by atoms with van der Waals surface area (Å²) < 4.78 is 0. The molecule has 0 saturated heterocycles. The van der Waals surface area contributed by atoms with Crippen LogP contribution in [0.1, 0.15) is 17.3 Å². The average Bonchev–Trinajstić information content (AvgIpc) is 2.17. The van der Waals surface area contributed by atoms with E-state index in [0.717, 1.165) is 5.56 Å². The van der Waals surface area contributed by atoms with Crippen molar-refractivity contribution >= 4 is 17.5 Å². The number of benzene rings is 1. The van der Waals surface area contributed by atoms with E-state index in [-0.39, 0.29) is 11.0 Å². The molecule has 0 bridgehead atoms. The van der Waals surface area contributed by atoms with Crippen molar-refractivity contribution in [2.24, 2.45) is 0 Å². The quantitative estimate of drug-likeness (QED) is 0.665. The molecule has 0 unspecified atom stereocenters. The number of carbonyl (C=O) groups is 1. The molecule has 1 atom stereocenters. The maximum Gasteiger partial charge on any atom is 0.175 e. The van der Waals surface area contributed by atoms with E-state index in [4.69, 9.17) is 0 Å². The van der Waals surface area contributed by atoms with Gasteiger partial charge in [-0.05, 0) is 13.2 Å². The van der Waals surface area contributed by atoms with Crippen LogP contribution in [-0.2, 0) is 0 Å². The third kappa shape index (κ3) is 2.11. The molecule has 0 radical (unpaired) electrons. The molecular weight excluding hydrogens is 168 g/mol. The zero-order valence-corrected chi connectivity index (χ0v) is 8.10. The number of rotatable bonds is 3. The van der Waals surface area contributed by atoms with Crippen LogP contribution >= 0.6 is 11.8 Å². The van der Waals surface area contributed by atoms with Gasteiger partial charge in [0.25, 0.3) is 0 Å². The van der Waals surface area contributed by atoms with Crippen molar-refractivity contribution in [3.05, 3.63) is 35.9 Å². The van der Waals surface area contributed by atoms with Gasteiger partial charge in [-0.15, -0.1) is 0 Å². The van der Waals surface area contributed by atoms with E-state index in [0.29, 0.717) is 0 Å². The Kier molecular flexibility index (Phi) is 3.35. The number of hydrogen-bond donors (Lipinski definition) is 0. The monoisotopic (exact) mass is 180 g/mol. The molecule has 1 aromatic rings. The number of ketones is 1. The largest absolute Gasteiger partial charge is 0.293 e. The molecule has 0 aliphatic heterocycles. The van der Waals surface area contributed by atoms with Gasteiger partial charge in [0.2, 0.25) is 0 Å². The third-order valence-corrected chi connectivity index (χ3v) is 2.70. The Bertz CT molecular complexity index is 256. The van der Waals surface area contributed by atoms with E-state index in [9.17, 15) is 4.79 Å². The average molecular weight is 180 g/mol. The third-order valence-electron chi connectivity index (χ3n) is 1.78. The van der Waals surface area contributed by atoms with Crippen molar-refractivity contribution < 1.29 is 4.79 Å². The highest BCUT2D eigenvalue weighted by molar-refractivity contribution is 7.99. The summed E-state index contributed by atoms with van der Waals surface area (Å²) in [6.07, 6.45) is 1.95. The lowest BCUT2D eigenvalue weighted by Crippen LogP contribution is -2.12. The van der Waals surface area contributed by atoms with Crippen LogP contribution in [0.4, 0.5) is 0 Å². The maximum absolute atomic E-state index is 11.6. The van der Waals surface area contributed by atoms with Crippen LogP contribution in [0.2, 0.25) is 0 Å². The molecule has 0 N–H and O–H groups in total. The summed E-state index contributed by atoms with van der Waals surface area (Å²) >= 11 is 1.58. The van der Waals surface area contributed by atoms with Crippen LogP contribution in [0.5, 0.6) is 0 Å². The normalized spacial score (nSPS) is 12.5. The second kappa shape index (κ2) is 4.31. The molecule has 0 amide bonds. The summed E-state index contributed by atoms with van der Waals surface area (Å²) in [6, 6.07) is 9.41. The SMILES string of the molecule is CS[C@H](C)C(=O)c1ccccc1. The van der Waals surface area contributed by atoms with Crippen molar-refractivity contribution in [2.45, 2.75) is 12.2 Å². The molecule has 0 saturated carbocycles. The van der Waals surface area contributed by atoms with Gasteiger partial charge in [-0.3, -0.25) is 4.79 Å². The summed E-state index contributed by atoms with van der Waals surface area (Å²) in [5, 5.41) is 0.0624. The van der Waals surface area contributed by atoms with Gasteiger partial charge in [-0.1, -0.05) is 30.3 Å². The topological polar surface area (TPSA) is 17.1 Å². The molecule has 1 aromatic carbocycles. The van der Waals surface area contributed by atoms with Crippen LogP contribution in [0.3, 0.4) is 0 Å².